The van der Waals surface area contributed by atoms with E-state index in [4.69, 9.17) is 9.84 Å². The normalized spacial score (nSPS) is 21.8. The smallest absolute Gasteiger partial charge is 0.357 e. The van der Waals surface area contributed by atoms with Crippen LogP contribution in [-0.4, -0.2) is 33.6 Å². The number of ether oxygens (including phenoxy) is 1. The minimum Gasteiger partial charge on any atom is -0.481 e. The molecule has 0 bridgehead atoms. The third-order valence-corrected chi connectivity index (χ3v) is 3.90. The van der Waals surface area contributed by atoms with E-state index in [2.05, 4.69) is 9.97 Å². The number of carboxylic acid groups (broad SMARTS) is 1. The number of hydrogen-bond donors (Lipinski definition) is 1. The van der Waals surface area contributed by atoms with Gasteiger partial charge in [-0.05, 0) is 39.5 Å². The van der Waals surface area contributed by atoms with Crippen LogP contribution in [0.4, 0.5) is 0 Å². The van der Waals surface area contributed by atoms with E-state index in [0.717, 1.165) is 12.8 Å². The van der Waals surface area contributed by atoms with E-state index in [9.17, 15) is 9.59 Å². The number of carbonyl (C=O) groups is 2. The maximum absolute atomic E-state index is 11.9. The van der Waals surface area contributed by atoms with Gasteiger partial charge in [-0.15, -0.1) is 0 Å². The molecule has 1 aromatic rings. The van der Waals surface area contributed by atoms with Gasteiger partial charge in [0.1, 0.15) is 5.82 Å². The Kier molecular flexibility index (Phi) is 4.88. The van der Waals surface area contributed by atoms with Gasteiger partial charge in [-0.1, -0.05) is 0 Å². The van der Waals surface area contributed by atoms with Crippen molar-refractivity contribution in [3.05, 3.63) is 23.3 Å². The first kappa shape index (κ1) is 15.4. The molecule has 0 unspecified atom stereocenters. The molecule has 0 aromatic carbocycles. The molecule has 1 N–H and O–H groups in total. The Bertz CT molecular complexity index is 536. The lowest BCUT2D eigenvalue weighted by Gasteiger charge is -2.25. The van der Waals surface area contributed by atoms with Gasteiger partial charge in [-0.3, -0.25) is 4.79 Å². The van der Waals surface area contributed by atoms with Crippen LogP contribution >= 0.6 is 0 Å². The Labute approximate surface area is 123 Å². The minimum absolute atomic E-state index is 0.120. The summed E-state index contributed by atoms with van der Waals surface area (Å²) >= 11 is 0. The highest BCUT2D eigenvalue weighted by Crippen LogP contribution is 2.34. The topological polar surface area (TPSA) is 89.4 Å². The van der Waals surface area contributed by atoms with Crippen molar-refractivity contribution in [3.8, 4) is 0 Å². The van der Waals surface area contributed by atoms with Crippen molar-refractivity contribution in [2.75, 3.05) is 6.61 Å². The third kappa shape index (κ3) is 3.56. The molecule has 1 saturated carbocycles. The summed E-state index contributed by atoms with van der Waals surface area (Å²) in [5.74, 6) is -0.693. The SMILES string of the molecule is CCOC(=O)c1nc(C2CCC(C(=O)O)CC2)ncc1C. The molecule has 0 saturated heterocycles. The van der Waals surface area contributed by atoms with Crippen molar-refractivity contribution in [1.29, 1.82) is 0 Å². The number of nitrogens with zero attached hydrogens (tertiary/aromatic N) is 2. The fraction of sp³-hybridized carbons (Fsp3) is 0.600. The van der Waals surface area contributed by atoms with E-state index >= 15 is 0 Å². The molecule has 1 aliphatic carbocycles. The van der Waals surface area contributed by atoms with Gasteiger partial charge in [0, 0.05) is 17.7 Å². The first-order valence-electron chi connectivity index (χ1n) is 7.26. The van der Waals surface area contributed by atoms with E-state index < -0.39 is 11.9 Å². The highest BCUT2D eigenvalue weighted by atomic mass is 16.5. The Hall–Kier alpha value is -1.98. The summed E-state index contributed by atoms with van der Waals surface area (Å²) in [4.78, 5) is 31.5. The van der Waals surface area contributed by atoms with E-state index in [1.807, 2.05) is 0 Å². The average molecular weight is 292 g/mol. The molecule has 1 fully saturated rings. The Balaban J connectivity index is 2.13. The molecule has 1 heterocycles. The Morgan fingerprint density at radius 2 is 2.00 bits per heavy atom. The van der Waals surface area contributed by atoms with Crippen molar-refractivity contribution in [2.24, 2.45) is 5.92 Å². The van der Waals surface area contributed by atoms with Crippen LogP contribution in [0.15, 0.2) is 6.20 Å². The Morgan fingerprint density at radius 1 is 1.33 bits per heavy atom. The van der Waals surface area contributed by atoms with E-state index in [1.165, 1.54) is 0 Å². The van der Waals surface area contributed by atoms with E-state index in [-0.39, 0.29) is 11.8 Å². The number of carbonyl (C=O) groups excluding carboxylic acids is 1. The van der Waals surface area contributed by atoms with Gasteiger partial charge < -0.3 is 9.84 Å². The molecule has 6 nitrogen and oxygen atoms in total. The van der Waals surface area contributed by atoms with Crippen LogP contribution in [-0.2, 0) is 9.53 Å². The first-order chi connectivity index (χ1) is 10.0. The predicted molar refractivity (Wildman–Crippen MR) is 75.1 cm³/mol. The van der Waals surface area contributed by atoms with Crippen molar-refractivity contribution in [2.45, 2.75) is 45.4 Å². The van der Waals surface area contributed by atoms with Crippen LogP contribution < -0.4 is 0 Å². The van der Waals surface area contributed by atoms with Gasteiger partial charge in [0.15, 0.2) is 5.69 Å². The van der Waals surface area contributed by atoms with Crippen molar-refractivity contribution in [3.63, 3.8) is 0 Å². The minimum atomic E-state index is -0.731. The molecule has 114 valence electrons. The Morgan fingerprint density at radius 3 is 2.57 bits per heavy atom. The largest absolute Gasteiger partial charge is 0.481 e. The second-order valence-electron chi connectivity index (χ2n) is 5.37. The number of aryl methyl sites for hydroxylation is 1. The molecular weight excluding hydrogens is 272 g/mol. The molecule has 0 spiro atoms. The summed E-state index contributed by atoms with van der Waals surface area (Å²) in [6, 6.07) is 0. The number of esters is 1. The summed E-state index contributed by atoms with van der Waals surface area (Å²) in [6.45, 7) is 3.83. The van der Waals surface area contributed by atoms with Gasteiger partial charge in [0.25, 0.3) is 0 Å². The van der Waals surface area contributed by atoms with Crippen LogP contribution in [0.2, 0.25) is 0 Å². The molecular formula is C15H20N2O4. The number of aliphatic carboxylic acids is 1. The maximum atomic E-state index is 11.9. The average Bonchev–Trinajstić information content (AvgIpc) is 2.48. The van der Waals surface area contributed by atoms with Crippen LogP contribution in [0.1, 0.15) is 60.4 Å². The zero-order valence-electron chi connectivity index (χ0n) is 12.3. The summed E-state index contributed by atoms with van der Waals surface area (Å²) in [5, 5.41) is 9.01. The van der Waals surface area contributed by atoms with Crippen LogP contribution in [0.25, 0.3) is 0 Å². The molecule has 1 aromatic heterocycles. The summed E-state index contributed by atoms with van der Waals surface area (Å²) in [6.07, 6.45) is 4.38. The number of hydrogen-bond acceptors (Lipinski definition) is 5. The van der Waals surface area contributed by atoms with Gasteiger partial charge >= 0.3 is 11.9 Å². The molecule has 0 radical (unpaired) electrons. The van der Waals surface area contributed by atoms with Gasteiger partial charge in [0.05, 0.1) is 12.5 Å². The molecule has 0 aliphatic heterocycles. The summed E-state index contributed by atoms with van der Waals surface area (Å²) in [5.41, 5.74) is 0.999. The first-order valence-corrected chi connectivity index (χ1v) is 7.26. The van der Waals surface area contributed by atoms with E-state index in [1.54, 1.807) is 20.0 Å². The summed E-state index contributed by atoms with van der Waals surface area (Å²) in [7, 11) is 0. The number of aromatic nitrogens is 2. The quantitative estimate of drug-likeness (QED) is 0.857. The predicted octanol–water partition coefficient (Wildman–Crippen LogP) is 2.32. The lowest BCUT2D eigenvalue weighted by Crippen LogP contribution is -2.22. The molecule has 2 rings (SSSR count). The highest BCUT2D eigenvalue weighted by molar-refractivity contribution is 5.88. The third-order valence-electron chi connectivity index (χ3n) is 3.90. The van der Waals surface area contributed by atoms with Crippen molar-refractivity contribution in [1.82, 2.24) is 9.97 Å². The molecule has 6 heteroatoms. The van der Waals surface area contributed by atoms with E-state index in [0.29, 0.717) is 36.5 Å². The fourth-order valence-corrected chi connectivity index (χ4v) is 2.66. The zero-order valence-corrected chi connectivity index (χ0v) is 12.3. The highest BCUT2D eigenvalue weighted by Gasteiger charge is 2.28. The second kappa shape index (κ2) is 6.65. The number of carboxylic acids is 1. The lowest BCUT2D eigenvalue weighted by atomic mass is 9.81. The number of rotatable bonds is 4. The molecule has 21 heavy (non-hydrogen) atoms. The standard InChI is InChI=1S/C15H20N2O4/c1-3-21-15(20)12-9(2)8-16-13(17-12)10-4-6-11(7-5-10)14(18)19/h8,10-11H,3-7H2,1-2H3,(H,18,19). The fourth-order valence-electron chi connectivity index (χ4n) is 2.66. The lowest BCUT2D eigenvalue weighted by molar-refractivity contribution is -0.142. The van der Waals surface area contributed by atoms with Crippen molar-refractivity contribution < 1.29 is 19.4 Å². The van der Waals surface area contributed by atoms with Gasteiger partial charge in [-0.25, -0.2) is 14.8 Å². The van der Waals surface area contributed by atoms with Crippen LogP contribution in [0.5, 0.6) is 0 Å². The van der Waals surface area contributed by atoms with Crippen LogP contribution in [0.3, 0.4) is 0 Å². The van der Waals surface area contributed by atoms with Crippen molar-refractivity contribution >= 4 is 11.9 Å². The zero-order chi connectivity index (χ0) is 15.4. The molecule has 0 amide bonds. The summed E-state index contributed by atoms with van der Waals surface area (Å²) < 4.78 is 4.99. The maximum Gasteiger partial charge on any atom is 0.357 e. The molecule has 1 aliphatic rings. The van der Waals surface area contributed by atoms with Gasteiger partial charge in [-0.2, -0.15) is 0 Å². The van der Waals surface area contributed by atoms with Gasteiger partial charge in [0.2, 0.25) is 0 Å². The molecule has 0 atom stereocenters. The second-order valence-corrected chi connectivity index (χ2v) is 5.37. The van der Waals surface area contributed by atoms with Crippen LogP contribution in [0, 0.1) is 12.8 Å². The monoisotopic (exact) mass is 292 g/mol.